The van der Waals surface area contributed by atoms with Gasteiger partial charge in [-0.3, -0.25) is 5.32 Å². The van der Waals surface area contributed by atoms with Gasteiger partial charge in [0.25, 0.3) is 0 Å². The number of carbonyl (C=O) groups is 1. The first-order valence-electron chi connectivity index (χ1n) is 8.54. The molecule has 0 saturated heterocycles. The van der Waals surface area contributed by atoms with Crippen molar-refractivity contribution >= 4 is 23.4 Å². The predicted molar refractivity (Wildman–Crippen MR) is 103 cm³/mol. The van der Waals surface area contributed by atoms with Crippen molar-refractivity contribution in [3.8, 4) is 5.75 Å². The summed E-state index contributed by atoms with van der Waals surface area (Å²) in [4.78, 5) is 11.3. The number of benzene rings is 2. The van der Waals surface area contributed by atoms with Gasteiger partial charge in [0, 0.05) is 5.69 Å². The van der Waals surface area contributed by atoms with Crippen molar-refractivity contribution in [1.82, 2.24) is 10.2 Å². The molecule has 0 aliphatic heterocycles. The molecule has 0 fully saturated rings. The van der Waals surface area contributed by atoms with Crippen LogP contribution >= 0.6 is 0 Å². The molecule has 1 heterocycles. The van der Waals surface area contributed by atoms with Crippen molar-refractivity contribution in [3.63, 3.8) is 0 Å². The minimum Gasteiger partial charge on any atom is -0.489 e. The summed E-state index contributed by atoms with van der Waals surface area (Å²) in [6, 6.07) is 20.9. The predicted octanol–water partition coefficient (Wildman–Crippen LogP) is 4.37. The third kappa shape index (κ3) is 5.71. The molecule has 0 unspecified atom stereocenters. The zero-order valence-corrected chi connectivity index (χ0v) is 14.9. The van der Waals surface area contributed by atoms with Gasteiger partial charge in [-0.2, -0.15) is 0 Å². The Morgan fingerprint density at radius 1 is 0.926 bits per heavy atom. The van der Waals surface area contributed by atoms with Crippen LogP contribution in [-0.4, -0.2) is 22.9 Å². The molecule has 27 heavy (non-hydrogen) atoms. The van der Waals surface area contributed by atoms with E-state index in [2.05, 4.69) is 20.8 Å². The van der Waals surface area contributed by atoms with Gasteiger partial charge in [-0.05, 0) is 48.9 Å². The number of aromatic nitrogens is 2. The molecule has 3 aromatic rings. The number of hydrogen-bond donors (Lipinski definition) is 2. The standard InChI is InChI=1S/C20H20N4O3/c1-2-26-20(25)22-19-13-12-18(23-24-19)21-16-8-10-17(11-9-16)27-14-15-6-4-3-5-7-15/h3-13H,2,14H2,1H3,(H,21,23)(H,22,24,25). The Hall–Kier alpha value is -3.61. The summed E-state index contributed by atoms with van der Waals surface area (Å²) in [6.45, 7) is 2.55. The lowest BCUT2D eigenvalue weighted by molar-refractivity contribution is 0.168. The third-order valence-corrected chi connectivity index (χ3v) is 3.55. The molecule has 0 aliphatic carbocycles. The first-order valence-corrected chi connectivity index (χ1v) is 8.54. The van der Waals surface area contributed by atoms with Gasteiger partial charge < -0.3 is 14.8 Å². The summed E-state index contributed by atoms with van der Waals surface area (Å²) in [5, 5.41) is 13.6. The Labute approximate surface area is 157 Å². The summed E-state index contributed by atoms with van der Waals surface area (Å²) in [7, 11) is 0. The summed E-state index contributed by atoms with van der Waals surface area (Å²) in [6.07, 6.45) is -0.557. The molecule has 2 aromatic carbocycles. The molecule has 1 aromatic heterocycles. The molecule has 7 nitrogen and oxygen atoms in total. The number of nitrogens with zero attached hydrogens (tertiary/aromatic N) is 2. The van der Waals surface area contributed by atoms with Crippen molar-refractivity contribution in [1.29, 1.82) is 0 Å². The normalized spacial score (nSPS) is 10.1. The quantitative estimate of drug-likeness (QED) is 0.648. The van der Waals surface area contributed by atoms with Crippen LogP contribution in [0.2, 0.25) is 0 Å². The van der Waals surface area contributed by atoms with Gasteiger partial charge in [-0.25, -0.2) is 4.79 Å². The van der Waals surface area contributed by atoms with Crippen molar-refractivity contribution in [3.05, 3.63) is 72.3 Å². The Balaban J connectivity index is 1.52. The molecular weight excluding hydrogens is 344 g/mol. The van der Waals surface area contributed by atoms with Gasteiger partial charge in [0.15, 0.2) is 11.6 Å². The van der Waals surface area contributed by atoms with Crippen LogP contribution in [0.15, 0.2) is 66.7 Å². The van der Waals surface area contributed by atoms with Gasteiger partial charge in [0.2, 0.25) is 0 Å². The zero-order chi connectivity index (χ0) is 18.9. The smallest absolute Gasteiger partial charge is 0.412 e. The number of rotatable bonds is 7. The molecule has 3 rings (SSSR count). The molecule has 2 N–H and O–H groups in total. The van der Waals surface area contributed by atoms with Gasteiger partial charge in [0.05, 0.1) is 6.61 Å². The van der Waals surface area contributed by atoms with E-state index in [1.807, 2.05) is 54.6 Å². The molecule has 0 bridgehead atoms. The van der Waals surface area contributed by atoms with Crippen LogP contribution in [0.25, 0.3) is 0 Å². The lowest BCUT2D eigenvalue weighted by atomic mass is 10.2. The van der Waals surface area contributed by atoms with Crippen LogP contribution in [0.5, 0.6) is 5.75 Å². The van der Waals surface area contributed by atoms with Gasteiger partial charge in [-0.15, -0.1) is 10.2 Å². The van der Waals surface area contributed by atoms with Crippen LogP contribution in [-0.2, 0) is 11.3 Å². The largest absolute Gasteiger partial charge is 0.489 e. The highest BCUT2D eigenvalue weighted by molar-refractivity contribution is 5.83. The van der Waals surface area contributed by atoms with Crippen molar-refractivity contribution in [2.45, 2.75) is 13.5 Å². The molecule has 7 heteroatoms. The van der Waals surface area contributed by atoms with Crippen LogP contribution < -0.4 is 15.4 Å². The Kier molecular flexibility index (Phi) is 6.19. The van der Waals surface area contributed by atoms with Crippen LogP contribution in [0.3, 0.4) is 0 Å². The van der Waals surface area contributed by atoms with E-state index in [9.17, 15) is 4.79 Å². The second-order valence-electron chi connectivity index (χ2n) is 5.57. The number of carbonyl (C=O) groups excluding carboxylic acids is 1. The summed E-state index contributed by atoms with van der Waals surface area (Å²) in [5.74, 6) is 1.66. The second-order valence-corrected chi connectivity index (χ2v) is 5.57. The summed E-state index contributed by atoms with van der Waals surface area (Å²) >= 11 is 0. The Morgan fingerprint density at radius 3 is 2.30 bits per heavy atom. The highest BCUT2D eigenvalue weighted by Crippen LogP contribution is 2.20. The maximum atomic E-state index is 11.3. The van der Waals surface area contributed by atoms with Gasteiger partial charge in [0.1, 0.15) is 12.4 Å². The average Bonchev–Trinajstić information content (AvgIpc) is 2.70. The topological polar surface area (TPSA) is 85.4 Å². The SMILES string of the molecule is CCOC(=O)Nc1ccc(Nc2ccc(OCc3ccccc3)cc2)nn1. The van der Waals surface area contributed by atoms with Crippen LogP contribution in [0, 0.1) is 0 Å². The molecule has 0 radical (unpaired) electrons. The second kappa shape index (κ2) is 9.19. The number of ether oxygens (including phenoxy) is 2. The van der Waals surface area contributed by atoms with Gasteiger partial charge in [-0.1, -0.05) is 30.3 Å². The number of hydrogen-bond acceptors (Lipinski definition) is 6. The van der Waals surface area contributed by atoms with E-state index in [1.165, 1.54) is 0 Å². The van der Waals surface area contributed by atoms with Crippen LogP contribution in [0.4, 0.5) is 22.1 Å². The lowest BCUT2D eigenvalue weighted by Crippen LogP contribution is -2.14. The van der Waals surface area contributed by atoms with E-state index in [0.717, 1.165) is 17.0 Å². The van der Waals surface area contributed by atoms with E-state index in [-0.39, 0.29) is 0 Å². The molecule has 1 amide bonds. The minimum atomic E-state index is -0.557. The van der Waals surface area contributed by atoms with Crippen molar-refractivity contribution in [2.75, 3.05) is 17.2 Å². The summed E-state index contributed by atoms with van der Waals surface area (Å²) in [5.41, 5.74) is 1.97. The molecule has 138 valence electrons. The maximum Gasteiger partial charge on any atom is 0.412 e. The number of amides is 1. The monoisotopic (exact) mass is 364 g/mol. The average molecular weight is 364 g/mol. The lowest BCUT2D eigenvalue weighted by Gasteiger charge is -2.09. The number of nitrogens with one attached hydrogen (secondary N) is 2. The van der Waals surface area contributed by atoms with Crippen molar-refractivity contribution in [2.24, 2.45) is 0 Å². The Bertz CT molecular complexity index is 853. The third-order valence-electron chi connectivity index (χ3n) is 3.55. The fourth-order valence-corrected chi connectivity index (χ4v) is 2.26. The van der Waals surface area contributed by atoms with E-state index in [1.54, 1.807) is 19.1 Å². The highest BCUT2D eigenvalue weighted by atomic mass is 16.5. The van der Waals surface area contributed by atoms with Gasteiger partial charge >= 0.3 is 6.09 Å². The van der Waals surface area contributed by atoms with E-state index in [0.29, 0.717) is 24.8 Å². The highest BCUT2D eigenvalue weighted by Gasteiger charge is 2.04. The van der Waals surface area contributed by atoms with Crippen LogP contribution in [0.1, 0.15) is 12.5 Å². The first kappa shape index (κ1) is 18.2. The molecule has 0 saturated carbocycles. The fourth-order valence-electron chi connectivity index (χ4n) is 2.26. The maximum absolute atomic E-state index is 11.3. The molecule has 0 aliphatic rings. The fraction of sp³-hybridized carbons (Fsp3) is 0.150. The Morgan fingerprint density at radius 2 is 1.63 bits per heavy atom. The van der Waals surface area contributed by atoms with E-state index < -0.39 is 6.09 Å². The molecular formula is C20H20N4O3. The minimum absolute atomic E-state index is 0.296. The van der Waals surface area contributed by atoms with E-state index in [4.69, 9.17) is 9.47 Å². The zero-order valence-electron chi connectivity index (χ0n) is 14.9. The first-order chi connectivity index (χ1) is 13.2. The molecule has 0 spiro atoms. The van der Waals surface area contributed by atoms with E-state index >= 15 is 0 Å². The van der Waals surface area contributed by atoms with Crippen molar-refractivity contribution < 1.29 is 14.3 Å². The number of anilines is 3. The molecule has 0 atom stereocenters. The summed E-state index contributed by atoms with van der Waals surface area (Å²) < 4.78 is 10.5.